The third kappa shape index (κ3) is 6.27. The highest BCUT2D eigenvalue weighted by Crippen LogP contribution is 2.41. The van der Waals surface area contributed by atoms with Gasteiger partial charge in [0, 0.05) is 24.3 Å². The van der Waals surface area contributed by atoms with E-state index in [0.717, 1.165) is 25.2 Å². The minimum absolute atomic E-state index is 0.00885. The number of rotatable bonds is 7. The van der Waals surface area contributed by atoms with Gasteiger partial charge in [-0.25, -0.2) is 31.6 Å². The van der Waals surface area contributed by atoms with Crippen molar-refractivity contribution in [2.45, 2.75) is 61.2 Å². The van der Waals surface area contributed by atoms with Crippen molar-refractivity contribution in [3.8, 4) is 0 Å². The van der Waals surface area contributed by atoms with Crippen molar-refractivity contribution >= 4 is 21.5 Å². The van der Waals surface area contributed by atoms with Gasteiger partial charge in [-0.1, -0.05) is 12.1 Å². The average Bonchev–Trinajstić information content (AvgIpc) is 3.45. The molecule has 0 amide bonds. The molecule has 2 N–H and O–H groups in total. The van der Waals surface area contributed by atoms with Crippen LogP contribution in [0.1, 0.15) is 49.1 Å². The molecule has 0 radical (unpaired) electrons. The largest absolute Gasteiger partial charge is 0.419 e. The molecular formula is C27H27F6N5O2S. The summed E-state index contributed by atoms with van der Waals surface area (Å²) in [7, 11) is -4.50. The molecule has 5 rings (SSSR count). The Morgan fingerprint density at radius 1 is 0.976 bits per heavy atom. The van der Waals surface area contributed by atoms with Crippen molar-refractivity contribution < 1.29 is 34.8 Å². The zero-order chi connectivity index (χ0) is 29.4. The van der Waals surface area contributed by atoms with E-state index < -0.39 is 56.1 Å². The number of nitrogens with one attached hydrogen (secondary N) is 2. The van der Waals surface area contributed by atoms with Crippen molar-refractivity contribution in [1.82, 2.24) is 14.9 Å². The van der Waals surface area contributed by atoms with Crippen LogP contribution in [0.25, 0.3) is 0 Å². The molecular weight excluding hydrogens is 572 g/mol. The molecule has 1 aromatic heterocycles. The number of alkyl halides is 3. The quantitative estimate of drug-likeness (QED) is 0.328. The first kappa shape index (κ1) is 29.1. The first-order valence-corrected chi connectivity index (χ1v) is 14.6. The van der Waals surface area contributed by atoms with Crippen LogP contribution in [-0.2, 0) is 16.2 Å². The molecule has 1 aliphatic carbocycles. The van der Waals surface area contributed by atoms with Gasteiger partial charge in [0.2, 0.25) is 0 Å². The number of aromatic nitrogens is 2. The average molecular weight is 600 g/mol. The van der Waals surface area contributed by atoms with Crippen molar-refractivity contribution in [3.05, 3.63) is 77.5 Å². The Kier molecular flexibility index (Phi) is 8.15. The highest BCUT2D eigenvalue weighted by molar-refractivity contribution is 7.92. The number of hydrogen-bond acceptors (Lipinski definition) is 6. The van der Waals surface area contributed by atoms with Crippen LogP contribution in [0.5, 0.6) is 0 Å². The third-order valence-corrected chi connectivity index (χ3v) is 9.04. The number of anilines is 2. The molecule has 1 saturated carbocycles. The summed E-state index contributed by atoms with van der Waals surface area (Å²) in [5.74, 6) is -4.09. The fourth-order valence-corrected chi connectivity index (χ4v) is 6.83. The van der Waals surface area contributed by atoms with E-state index in [1.165, 1.54) is 24.4 Å². The third-order valence-electron chi connectivity index (χ3n) is 7.67. The molecule has 2 heterocycles. The number of benzene rings is 2. The Morgan fingerprint density at radius 2 is 1.73 bits per heavy atom. The fourth-order valence-electron chi connectivity index (χ4n) is 5.75. The van der Waals surface area contributed by atoms with Crippen molar-refractivity contribution in [3.63, 3.8) is 0 Å². The molecule has 3 aromatic rings. The lowest BCUT2D eigenvalue weighted by molar-refractivity contribution is -0.140. The highest BCUT2D eigenvalue weighted by Gasteiger charge is 2.40. The van der Waals surface area contributed by atoms with Gasteiger partial charge in [-0.2, -0.15) is 13.2 Å². The topological polar surface area (TPSA) is 87.2 Å². The molecule has 0 bridgehead atoms. The number of sulfonamides is 1. The number of hydrogen-bond donors (Lipinski definition) is 2. The van der Waals surface area contributed by atoms with E-state index in [4.69, 9.17) is 0 Å². The molecule has 7 nitrogen and oxygen atoms in total. The van der Waals surface area contributed by atoms with Gasteiger partial charge in [0.1, 0.15) is 34.5 Å². The monoisotopic (exact) mass is 599 g/mol. The summed E-state index contributed by atoms with van der Waals surface area (Å²) >= 11 is 0. The van der Waals surface area contributed by atoms with Gasteiger partial charge >= 0.3 is 6.18 Å². The summed E-state index contributed by atoms with van der Waals surface area (Å²) in [6.45, 7) is 1.42. The van der Waals surface area contributed by atoms with Gasteiger partial charge in [-0.15, -0.1) is 0 Å². The molecule has 220 valence electrons. The first-order valence-electron chi connectivity index (χ1n) is 13.1. The zero-order valence-electron chi connectivity index (χ0n) is 21.6. The maximum Gasteiger partial charge on any atom is 0.419 e. The normalized spacial score (nSPS) is 22.0. The second-order valence-electron chi connectivity index (χ2n) is 10.2. The highest BCUT2D eigenvalue weighted by atomic mass is 32.2. The molecule has 0 spiro atoms. The Labute approximate surface area is 233 Å². The maximum atomic E-state index is 15.2. The summed E-state index contributed by atoms with van der Waals surface area (Å²) in [5.41, 5.74) is -1.57. The molecule has 2 aliphatic rings. The summed E-state index contributed by atoms with van der Waals surface area (Å²) < 4.78 is 113. The second-order valence-corrected chi connectivity index (χ2v) is 11.9. The summed E-state index contributed by atoms with van der Waals surface area (Å²) in [6.07, 6.45) is 0.337. The first-order chi connectivity index (χ1) is 19.4. The van der Waals surface area contributed by atoms with Gasteiger partial charge in [0.15, 0.2) is 0 Å². The number of likely N-dealkylation sites (tertiary alicyclic amines) is 1. The summed E-state index contributed by atoms with van der Waals surface area (Å²) in [6, 6.07) is 5.15. The molecule has 1 saturated heterocycles. The van der Waals surface area contributed by atoms with Crippen LogP contribution in [-0.4, -0.2) is 48.5 Å². The van der Waals surface area contributed by atoms with E-state index >= 15 is 8.78 Å². The number of nitrogens with zero attached hydrogens (tertiary/aromatic N) is 3. The molecule has 2 fully saturated rings. The summed E-state index contributed by atoms with van der Waals surface area (Å²) in [5, 5.41) is 3.00. The minimum Gasteiger partial charge on any atom is -0.378 e. The lowest BCUT2D eigenvalue weighted by atomic mass is 9.77. The minimum atomic E-state index is -4.82. The predicted octanol–water partition coefficient (Wildman–Crippen LogP) is 5.93. The standard InChI is InChI=1S/C27H27F6N5O2S/c28-19-14-24(41(39,40)37-25-8-9-34-15-35-25)20(29)13-22(19)36-21-7-6-16(12-23(21)38-10-1-2-11-38)17-4-3-5-18(26(17)30)27(31,32)33/h3-5,8-9,13-16,21,23,36H,1-2,6-7,10-12H2,(H,34,35,37)/t16-,21-,23-/m0/s1. The van der Waals surface area contributed by atoms with E-state index in [0.29, 0.717) is 44.5 Å². The molecule has 3 atom stereocenters. The van der Waals surface area contributed by atoms with Crippen LogP contribution >= 0.6 is 0 Å². The fraction of sp³-hybridized carbons (Fsp3) is 0.407. The zero-order valence-corrected chi connectivity index (χ0v) is 22.5. The van der Waals surface area contributed by atoms with Crippen LogP contribution in [0.3, 0.4) is 0 Å². The molecule has 14 heteroatoms. The number of halogens is 6. The molecule has 0 unspecified atom stereocenters. The van der Waals surface area contributed by atoms with E-state index in [1.807, 2.05) is 0 Å². The molecule has 2 aromatic carbocycles. The van der Waals surface area contributed by atoms with Crippen molar-refractivity contribution in [1.29, 1.82) is 0 Å². The van der Waals surface area contributed by atoms with Crippen LogP contribution in [0, 0.1) is 17.5 Å². The van der Waals surface area contributed by atoms with Crippen molar-refractivity contribution in [2.75, 3.05) is 23.1 Å². The van der Waals surface area contributed by atoms with E-state index in [-0.39, 0.29) is 23.1 Å². The SMILES string of the molecule is O=S(=O)(Nc1ccncn1)c1cc(F)c(N[C@H]2CC[C@H](c3cccc(C(F)(F)F)c3F)C[C@@H]2N2CCCC2)cc1F. The Hall–Kier alpha value is -3.39. The van der Waals surface area contributed by atoms with Crippen molar-refractivity contribution in [2.24, 2.45) is 0 Å². The van der Waals surface area contributed by atoms with Crippen LogP contribution in [0.2, 0.25) is 0 Å². The smallest absolute Gasteiger partial charge is 0.378 e. The Morgan fingerprint density at radius 3 is 2.41 bits per heavy atom. The van der Waals surface area contributed by atoms with Gasteiger partial charge in [-0.3, -0.25) is 9.62 Å². The van der Waals surface area contributed by atoms with E-state index in [2.05, 4.69) is 24.9 Å². The molecule has 41 heavy (non-hydrogen) atoms. The lowest BCUT2D eigenvalue weighted by Crippen LogP contribution is -2.49. The maximum absolute atomic E-state index is 15.2. The van der Waals surface area contributed by atoms with Crippen LogP contribution in [0.15, 0.2) is 53.8 Å². The van der Waals surface area contributed by atoms with Crippen LogP contribution in [0.4, 0.5) is 37.8 Å². The van der Waals surface area contributed by atoms with Gasteiger partial charge in [-0.05, 0) is 74.9 Å². The molecule has 1 aliphatic heterocycles. The van der Waals surface area contributed by atoms with Gasteiger partial charge in [0.25, 0.3) is 10.0 Å². The Bertz CT molecular complexity index is 1500. The van der Waals surface area contributed by atoms with Gasteiger partial charge < -0.3 is 5.32 Å². The predicted molar refractivity (Wildman–Crippen MR) is 139 cm³/mol. The van der Waals surface area contributed by atoms with Crippen LogP contribution < -0.4 is 10.0 Å². The Balaban J connectivity index is 1.38. The van der Waals surface area contributed by atoms with Gasteiger partial charge in [0.05, 0.1) is 11.3 Å². The lowest BCUT2D eigenvalue weighted by Gasteiger charge is -2.42. The van der Waals surface area contributed by atoms with E-state index in [9.17, 15) is 26.0 Å². The van der Waals surface area contributed by atoms with E-state index in [1.54, 1.807) is 0 Å². The second kappa shape index (κ2) is 11.5. The summed E-state index contributed by atoms with van der Waals surface area (Å²) in [4.78, 5) is 8.61.